The van der Waals surface area contributed by atoms with Crippen molar-refractivity contribution in [2.24, 2.45) is 0 Å². The molecule has 26 heavy (non-hydrogen) atoms. The molecular formula is C19H28N2O5. The first-order valence-electron chi connectivity index (χ1n) is 8.53. The number of carbonyl (C=O) groups is 3. The molecule has 2 amide bonds. The van der Waals surface area contributed by atoms with E-state index < -0.39 is 18.5 Å². The molecule has 7 heteroatoms. The van der Waals surface area contributed by atoms with E-state index in [0.717, 1.165) is 5.56 Å². The fourth-order valence-electron chi connectivity index (χ4n) is 1.98. The minimum Gasteiger partial charge on any atom is -0.482 e. The summed E-state index contributed by atoms with van der Waals surface area (Å²) in [5.74, 6) is -0.968. The van der Waals surface area contributed by atoms with Crippen molar-refractivity contribution in [2.45, 2.75) is 46.1 Å². The Morgan fingerprint density at radius 2 is 1.62 bits per heavy atom. The van der Waals surface area contributed by atoms with Gasteiger partial charge in [0, 0.05) is 6.04 Å². The van der Waals surface area contributed by atoms with Crippen molar-refractivity contribution in [3.8, 4) is 5.75 Å². The third-order valence-electron chi connectivity index (χ3n) is 3.34. The van der Waals surface area contributed by atoms with Gasteiger partial charge in [0.15, 0.2) is 13.2 Å². The molecule has 0 aliphatic carbocycles. The molecule has 0 spiro atoms. The first-order valence-corrected chi connectivity index (χ1v) is 8.53. The summed E-state index contributed by atoms with van der Waals surface area (Å²) in [5, 5.41) is 5.00. The fraction of sp³-hybridized carbons (Fsp3) is 0.526. The van der Waals surface area contributed by atoms with Gasteiger partial charge < -0.3 is 20.1 Å². The molecule has 1 aromatic carbocycles. The number of esters is 1. The SMILES string of the molecule is CC(C)NC(=O)CNC(=O)COC(=O)COc1ccc(C(C)(C)C)cc1. The normalized spacial score (nSPS) is 11.0. The van der Waals surface area contributed by atoms with Crippen LogP contribution in [0.2, 0.25) is 0 Å². The third kappa shape index (κ3) is 8.50. The topological polar surface area (TPSA) is 93.7 Å². The lowest BCUT2D eigenvalue weighted by Gasteiger charge is -2.19. The number of rotatable bonds is 8. The highest BCUT2D eigenvalue weighted by Gasteiger charge is 2.14. The predicted octanol–water partition coefficient (Wildman–Crippen LogP) is 1.55. The molecule has 0 saturated heterocycles. The lowest BCUT2D eigenvalue weighted by Crippen LogP contribution is -2.41. The van der Waals surface area contributed by atoms with Gasteiger partial charge in [0.2, 0.25) is 5.91 Å². The minimum atomic E-state index is -0.660. The van der Waals surface area contributed by atoms with E-state index in [0.29, 0.717) is 5.75 Å². The number of ether oxygens (including phenoxy) is 2. The number of hydrogen-bond donors (Lipinski definition) is 2. The summed E-state index contributed by atoms with van der Waals surface area (Å²) in [6, 6.07) is 7.45. The first-order chi connectivity index (χ1) is 12.1. The molecule has 1 aromatic rings. The standard InChI is InChI=1S/C19H28N2O5/c1-13(2)21-16(22)10-20-17(23)11-26-18(24)12-25-15-8-6-14(7-9-15)19(3,4)5/h6-9,13H,10-12H2,1-5H3,(H,20,23)(H,21,22). The molecule has 7 nitrogen and oxygen atoms in total. The first kappa shape index (κ1) is 21.5. The number of amides is 2. The fourth-order valence-corrected chi connectivity index (χ4v) is 1.98. The summed E-state index contributed by atoms with van der Waals surface area (Å²) >= 11 is 0. The lowest BCUT2D eigenvalue weighted by atomic mass is 9.87. The van der Waals surface area contributed by atoms with E-state index in [9.17, 15) is 14.4 Å². The van der Waals surface area contributed by atoms with Crippen LogP contribution in [0.4, 0.5) is 0 Å². The van der Waals surface area contributed by atoms with Crippen LogP contribution in [0.25, 0.3) is 0 Å². The van der Waals surface area contributed by atoms with Gasteiger partial charge in [-0.15, -0.1) is 0 Å². The van der Waals surface area contributed by atoms with Crippen molar-refractivity contribution in [3.63, 3.8) is 0 Å². The van der Waals surface area contributed by atoms with Gasteiger partial charge in [-0.1, -0.05) is 32.9 Å². The Hall–Kier alpha value is -2.57. The van der Waals surface area contributed by atoms with E-state index in [1.54, 1.807) is 12.1 Å². The molecule has 0 heterocycles. The van der Waals surface area contributed by atoms with Crippen LogP contribution in [0.3, 0.4) is 0 Å². The van der Waals surface area contributed by atoms with Gasteiger partial charge in [0.1, 0.15) is 5.75 Å². The number of hydrogen-bond acceptors (Lipinski definition) is 5. The largest absolute Gasteiger partial charge is 0.482 e. The summed E-state index contributed by atoms with van der Waals surface area (Å²) in [4.78, 5) is 34.5. The van der Waals surface area contributed by atoms with Crippen LogP contribution in [0.15, 0.2) is 24.3 Å². The quantitative estimate of drug-likeness (QED) is 0.683. The number of benzene rings is 1. The van der Waals surface area contributed by atoms with E-state index >= 15 is 0 Å². The van der Waals surface area contributed by atoms with Crippen LogP contribution in [0, 0.1) is 0 Å². The van der Waals surface area contributed by atoms with Crippen LogP contribution >= 0.6 is 0 Å². The summed E-state index contributed by atoms with van der Waals surface area (Å²) in [5.41, 5.74) is 1.20. The monoisotopic (exact) mass is 364 g/mol. The molecule has 0 saturated carbocycles. The molecule has 1 rings (SSSR count). The van der Waals surface area contributed by atoms with Crippen molar-refractivity contribution >= 4 is 17.8 Å². The third-order valence-corrected chi connectivity index (χ3v) is 3.34. The van der Waals surface area contributed by atoms with Gasteiger partial charge >= 0.3 is 5.97 Å². The molecule has 0 aliphatic rings. The highest BCUT2D eigenvalue weighted by molar-refractivity contribution is 5.86. The number of carbonyl (C=O) groups excluding carboxylic acids is 3. The molecule has 0 unspecified atom stereocenters. The zero-order valence-corrected chi connectivity index (χ0v) is 16.0. The minimum absolute atomic E-state index is 0.00755. The van der Waals surface area contributed by atoms with Gasteiger partial charge in [-0.05, 0) is 37.0 Å². The molecular weight excluding hydrogens is 336 g/mol. The van der Waals surface area contributed by atoms with Crippen molar-refractivity contribution in [3.05, 3.63) is 29.8 Å². The Bertz CT molecular complexity index is 618. The molecule has 0 fully saturated rings. The van der Waals surface area contributed by atoms with Crippen LogP contribution in [0.5, 0.6) is 5.75 Å². The summed E-state index contributed by atoms with van der Waals surface area (Å²) in [6.07, 6.45) is 0. The highest BCUT2D eigenvalue weighted by Crippen LogP contribution is 2.24. The Kier molecular flexibility index (Phi) is 8.09. The van der Waals surface area contributed by atoms with Crippen LogP contribution in [-0.2, 0) is 24.5 Å². The van der Waals surface area contributed by atoms with E-state index in [-0.39, 0.29) is 30.5 Å². The van der Waals surface area contributed by atoms with E-state index in [4.69, 9.17) is 9.47 Å². The van der Waals surface area contributed by atoms with E-state index in [1.807, 2.05) is 26.0 Å². The summed E-state index contributed by atoms with van der Waals surface area (Å²) < 4.78 is 10.1. The Balaban J connectivity index is 2.28. The van der Waals surface area contributed by atoms with Crippen molar-refractivity contribution in [2.75, 3.05) is 19.8 Å². The van der Waals surface area contributed by atoms with Crippen LogP contribution < -0.4 is 15.4 Å². The van der Waals surface area contributed by atoms with Crippen LogP contribution in [-0.4, -0.2) is 43.6 Å². The number of nitrogens with one attached hydrogen (secondary N) is 2. The van der Waals surface area contributed by atoms with Crippen molar-refractivity contribution in [1.82, 2.24) is 10.6 Å². The average Bonchev–Trinajstić information content (AvgIpc) is 2.55. The smallest absolute Gasteiger partial charge is 0.344 e. The van der Waals surface area contributed by atoms with Gasteiger partial charge in [-0.25, -0.2) is 4.79 Å². The second kappa shape index (κ2) is 9.79. The summed E-state index contributed by atoms with van der Waals surface area (Å²) in [6.45, 7) is 9.05. The second-order valence-corrected chi connectivity index (χ2v) is 7.22. The second-order valence-electron chi connectivity index (χ2n) is 7.22. The molecule has 2 N–H and O–H groups in total. The predicted molar refractivity (Wildman–Crippen MR) is 97.9 cm³/mol. The maximum absolute atomic E-state index is 11.6. The molecule has 0 radical (unpaired) electrons. The van der Waals surface area contributed by atoms with Crippen LogP contribution in [0.1, 0.15) is 40.2 Å². The molecule has 0 bridgehead atoms. The van der Waals surface area contributed by atoms with Gasteiger partial charge in [-0.3, -0.25) is 9.59 Å². The van der Waals surface area contributed by atoms with Crippen molar-refractivity contribution < 1.29 is 23.9 Å². The molecule has 0 aliphatic heterocycles. The van der Waals surface area contributed by atoms with E-state index in [2.05, 4.69) is 31.4 Å². The van der Waals surface area contributed by atoms with E-state index in [1.165, 1.54) is 0 Å². The van der Waals surface area contributed by atoms with Gasteiger partial charge in [0.25, 0.3) is 5.91 Å². The summed E-state index contributed by atoms with van der Waals surface area (Å²) in [7, 11) is 0. The maximum atomic E-state index is 11.6. The van der Waals surface area contributed by atoms with Crippen molar-refractivity contribution in [1.29, 1.82) is 0 Å². The molecule has 0 atom stereocenters. The Morgan fingerprint density at radius 1 is 1.00 bits per heavy atom. The Morgan fingerprint density at radius 3 is 2.15 bits per heavy atom. The highest BCUT2D eigenvalue weighted by atomic mass is 16.6. The van der Waals surface area contributed by atoms with Gasteiger partial charge in [0.05, 0.1) is 6.54 Å². The zero-order chi connectivity index (χ0) is 19.7. The molecule has 0 aromatic heterocycles. The van der Waals surface area contributed by atoms with Gasteiger partial charge in [-0.2, -0.15) is 0 Å². The Labute approximate surface area is 154 Å². The maximum Gasteiger partial charge on any atom is 0.344 e. The zero-order valence-electron chi connectivity index (χ0n) is 16.0. The average molecular weight is 364 g/mol. The lowest BCUT2D eigenvalue weighted by molar-refractivity contribution is -0.150. The molecule has 144 valence electrons.